The Kier molecular flexibility index (Phi) is 8.30. The van der Waals surface area contributed by atoms with Crippen molar-refractivity contribution in [2.75, 3.05) is 13.1 Å². The molecule has 1 fully saturated rings. The summed E-state index contributed by atoms with van der Waals surface area (Å²) in [5, 5.41) is 0. The van der Waals surface area contributed by atoms with Crippen molar-refractivity contribution < 1.29 is 13.6 Å². The monoisotopic (exact) mass is 490 g/mol. The van der Waals surface area contributed by atoms with Gasteiger partial charge in [-0.2, -0.15) is 0 Å². The molecule has 0 saturated carbocycles. The Balaban J connectivity index is 1.70. The first kappa shape index (κ1) is 25.1. The maximum atomic E-state index is 14.2. The molecule has 0 aliphatic carbocycles. The van der Waals surface area contributed by atoms with Crippen molar-refractivity contribution >= 4 is 13.6 Å². The summed E-state index contributed by atoms with van der Waals surface area (Å²) in [6.45, 7) is 8.33. The molecule has 0 amide bonds. The van der Waals surface area contributed by atoms with E-state index in [4.69, 9.17) is 13.8 Å². The number of amidine groups is 1. The van der Waals surface area contributed by atoms with Crippen molar-refractivity contribution in [2.45, 2.75) is 46.0 Å². The molecule has 0 bridgehead atoms. The molecule has 3 aromatic rings. The minimum absolute atomic E-state index is 0.0618. The third-order valence-electron chi connectivity index (χ3n) is 6.09. The fourth-order valence-corrected chi connectivity index (χ4v) is 5.79. The molecule has 1 heterocycles. The Bertz CT molecular complexity index is 1100. The van der Waals surface area contributed by atoms with Gasteiger partial charge in [-0.1, -0.05) is 81.4 Å². The molecule has 1 aliphatic rings. The van der Waals surface area contributed by atoms with E-state index < -0.39 is 7.75 Å². The van der Waals surface area contributed by atoms with Crippen molar-refractivity contribution in [3.05, 3.63) is 96.1 Å². The number of hydrogen-bond donors (Lipinski definition) is 0. The van der Waals surface area contributed by atoms with Crippen molar-refractivity contribution in [3.8, 4) is 11.5 Å². The Labute approximate surface area is 209 Å². The van der Waals surface area contributed by atoms with Crippen LogP contribution in [-0.4, -0.2) is 23.8 Å². The second-order valence-corrected chi connectivity index (χ2v) is 11.0. The van der Waals surface area contributed by atoms with Crippen LogP contribution in [0.5, 0.6) is 11.5 Å². The molecule has 0 aromatic heterocycles. The molecule has 35 heavy (non-hydrogen) atoms. The fourth-order valence-electron chi connectivity index (χ4n) is 4.35. The van der Waals surface area contributed by atoms with E-state index in [-0.39, 0.29) is 5.92 Å². The first-order valence-electron chi connectivity index (χ1n) is 12.4. The highest BCUT2D eigenvalue weighted by Gasteiger charge is 2.33. The van der Waals surface area contributed by atoms with Crippen molar-refractivity contribution in [1.29, 1.82) is 0 Å². The molecule has 1 saturated heterocycles. The smallest absolute Gasteiger partial charge is 0.399 e. The van der Waals surface area contributed by atoms with E-state index in [2.05, 4.69) is 49.9 Å². The van der Waals surface area contributed by atoms with Crippen molar-refractivity contribution in [1.82, 2.24) is 4.90 Å². The van der Waals surface area contributed by atoms with Crippen LogP contribution in [0, 0.1) is 5.92 Å². The number of nitrogens with zero attached hydrogens (tertiary/aromatic N) is 2. The van der Waals surface area contributed by atoms with Gasteiger partial charge >= 0.3 is 7.75 Å². The summed E-state index contributed by atoms with van der Waals surface area (Å²) in [7, 11) is -3.93. The zero-order valence-electron chi connectivity index (χ0n) is 20.8. The third kappa shape index (κ3) is 6.99. The molecular formula is C29H35N2O3P. The van der Waals surface area contributed by atoms with Crippen molar-refractivity contribution in [2.24, 2.45) is 10.7 Å². The van der Waals surface area contributed by atoms with Gasteiger partial charge in [0.2, 0.25) is 0 Å². The van der Waals surface area contributed by atoms with Gasteiger partial charge in [0.15, 0.2) is 0 Å². The van der Waals surface area contributed by atoms with Gasteiger partial charge in [-0.05, 0) is 60.6 Å². The highest BCUT2D eigenvalue weighted by Crippen LogP contribution is 2.51. The predicted octanol–water partition coefficient (Wildman–Crippen LogP) is 7.75. The summed E-state index contributed by atoms with van der Waals surface area (Å²) >= 11 is 0. The zero-order chi connectivity index (χ0) is 24.7. The van der Waals surface area contributed by atoms with Gasteiger partial charge in [-0.25, -0.2) is 4.57 Å². The molecule has 1 aliphatic heterocycles. The SMILES string of the molecule is CC(C)Cc1ccc(C(C)C(=NP(=O)(Oc2ccccc2)Oc2ccccc2)N2CCCC2)cc1. The summed E-state index contributed by atoms with van der Waals surface area (Å²) < 4.78 is 30.9. The Morgan fingerprint density at radius 3 is 1.83 bits per heavy atom. The van der Waals surface area contributed by atoms with E-state index in [0.29, 0.717) is 17.4 Å². The van der Waals surface area contributed by atoms with Crippen LogP contribution in [0.3, 0.4) is 0 Å². The first-order chi connectivity index (χ1) is 16.9. The maximum Gasteiger partial charge on any atom is 0.565 e. The van der Waals surface area contributed by atoms with E-state index >= 15 is 0 Å². The van der Waals surface area contributed by atoms with Crippen LogP contribution in [0.2, 0.25) is 0 Å². The Hall–Kier alpha value is -3.04. The molecule has 3 aromatic carbocycles. The maximum absolute atomic E-state index is 14.2. The van der Waals surface area contributed by atoms with Crippen LogP contribution in [-0.2, 0) is 11.0 Å². The van der Waals surface area contributed by atoms with Gasteiger partial charge in [0, 0.05) is 19.0 Å². The molecule has 5 nitrogen and oxygen atoms in total. The Morgan fingerprint density at radius 1 is 0.829 bits per heavy atom. The number of hydrogen-bond acceptors (Lipinski definition) is 3. The van der Waals surface area contributed by atoms with Gasteiger partial charge in [-0.15, -0.1) is 4.76 Å². The minimum Gasteiger partial charge on any atom is -0.399 e. The fraction of sp³-hybridized carbons (Fsp3) is 0.345. The summed E-state index contributed by atoms with van der Waals surface area (Å²) in [5.74, 6) is 2.21. The number of rotatable bonds is 9. The van der Waals surface area contributed by atoms with E-state index in [0.717, 1.165) is 43.8 Å². The topological polar surface area (TPSA) is 51.1 Å². The Morgan fingerprint density at radius 2 is 1.34 bits per heavy atom. The lowest BCUT2D eigenvalue weighted by atomic mass is 9.95. The molecule has 1 unspecified atom stereocenters. The van der Waals surface area contributed by atoms with Crippen LogP contribution >= 0.6 is 7.75 Å². The van der Waals surface area contributed by atoms with E-state index in [9.17, 15) is 4.57 Å². The van der Waals surface area contributed by atoms with Gasteiger partial charge in [0.25, 0.3) is 0 Å². The van der Waals surface area contributed by atoms with E-state index in [1.807, 2.05) is 36.4 Å². The van der Waals surface area contributed by atoms with E-state index in [1.165, 1.54) is 5.56 Å². The summed E-state index contributed by atoms with van der Waals surface area (Å²) in [5.41, 5.74) is 2.45. The largest absolute Gasteiger partial charge is 0.565 e. The normalized spacial score (nSPS) is 15.3. The zero-order valence-corrected chi connectivity index (χ0v) is 21.7. The molecule has 0 radical (unpaired) electrons. The van der Waals surface area contributed by atoms with Crippen LogP contribution < -0.4 is 9.05 Å². The van der Waals surface area contributed by atoms with Crippen LogP contribution in [0.1, 0.15) is 50.7 Å². The third-order valence-corrected chi connectivity index (χ3v) is 7.43. The van der Waals surface area contributed by atoms with Crippen LogP contribution in [0.25, 0.3) is 0 Å². The lowest BCUT2D eigenvalue weighted by Crippen LogP contribution is -2.32. The van der Waals surface area contributed by atoms with Gasteiger partial charge in [-0.3, -0.25) is 0 Å². The first-order valence-corrected chi connectivity index (χ1v) is 13.9. The van der Waals surface area contributed by atoms with Crippen molar-refractivity contribution in [3.63, 3.8) is 0 Å². The highest BCUT2D eigenvalue weighted by atomic mass is 31.2. The average molecular weight is 491 g/mol. The average Bonchev–Trinajstić information content (AvgIpc) is 3.38. The lowest BCUT2D eigenvalue weighted by Gasteiger charge is -2.27. The molecule has 0 spiro atoms. The molecule has 1 atom stereocenters. The minimum atomic E-state index is -3.93. The van der Waals surface area contributed by atoms with Gasteiger partial charge in [0.05, 0.1) is 0 Å². The molecule has 4 rings (SSSR count). The summed E-state index contributed by atoms with van der Waals surface area (Å²) in [6, 6.07) is 26.9. The molecular weight excluding hydrogens is 455 g/mol. The summed E-state index contributed by atoms with van der Waals surface area (Å²) in [4.78, 5) is 2.22. The molecule has 6 heteroatoms. The molecule has 184 valence electrons. The molecule has 0 N–H and O–H groups in total. The highest BCUT2D eigenvalue weighted by molar-refractivity contribution is 7.53. The predicted molar refractivity (Wildman–Crippen MR) is 143 cm³/mol. The number of benzene rings is 3. The van der Waals surface area contributed by atoms with Gasteiger partial charge in [0.1, 0.15) is 17.3 Å². The van der Waals surface area contributed by atoms with Crippen LogP contribution in [0.15, 0.2) is 89.7 Å². The lowest BCUT2D eigenvalue weighted by molar-refractivity contribution is 0.385. The quantitative estimate of drug-likeness (QED) is 0.175. The van der Waals surface area contributed by atoms with Crippen LogP contribution in [0.4, 0.5) is 0 Å². The second-order valence-electron chi connectivity index (χ2n) is 9.49. The van der Waals surface area contributed by atoms with E-state index in [1.54, 1.807) is 24.3 Å². The number of para-hydroxylation sites is 2. The standard InChI is InChI=1S/C29H35N2O3P/c1-23(2)22-25-16-18-26(19-17-25)24(3)29(31-20-10-11-21-31)30-35(32,33-27-12-6-4-7-13-27)34-28-14-8-5-9-15-28/h4-9,12-19,23-24H,10-11,20-22H2,1-3H3. The van der Waals surface area contributed by atoms with Gasteiger partial charge < -0.3 is 13.9 Å². The summed E-state index contributed by atoms with van der Waals surface area (Å²) in [6.07, 6.45) is 3.22. The number of likely N-dealkylation sites (tertiary alicyclic amines) is 1. The second kappa shape index (κ2) is 11.6.